The molecule has 26 heavy (non-hydrogen) atoms. The van der Waals surface area contributed by atoms with Crippen molar-refractivity contribution >= 4 is 23.5 Å². The first kappa shape index (κ1) is 18.8. The molecule has 1 amide bonds. The number of amides is 1. The van der Waals surface area contributed by atoms with E-state index in [0.29, 0.717) is 48.0 Å². The Morgan fingerprint density at radius 3 is 2.46 bits per heavy atom. The Morgan fingerprint density at radius 2 is 1.96 bits per heavy atom. The molecular formula is C19H24ClNO5. The molecule has 1 saturated heterocycles. The van der Waals surface area contributed by atoms with E-state index in [1.807, 2.05) is 20.8 Å². The third-order valence-corrected chi connectivity index (χ3v) is 5.66. The fourth-order valence-electron chi connectivity index (χ4n) is 4.31. The molecule has 1 spiro atoms. The molecule has 6 nitrogen and oxygen atoms in total. The number of carbonyl (C=O) groups is 2. The van der Waals surface area contributed by atoms with Crippen molar-refractivity contribution in [2.45, 2.75) is 39.2 Å². The van der Waals surface area contributed by atoms with Crippen LogP contribution in [0.5, 0.6) is 11.5 Å². The lowest BCUT2D eigenvalue weighted by Crippen LogP contribution is -2.60. The average molecular weight is 382 g/mol. The first-order chi connectivity index (χ1) is 12.1. The second-order valence-electron chi connectivity index (χ2n) is 8.08. The van der Waals surface area contributed by atoms with E-state index in [2.05, 4.69) is 0 Å². The summed E-state index contributed by atoms with van der Waals surface area (Å²) in [5, 5.41) is 9.57. The lowest BCUT2D eigenvalue weighted by Gasteiger charge is -2.52. The predicted octanol–water partition coefficient (Wildman–Crippen LogP) is 4.10. The Hall–Kier alpha value is -1.95. The highest BCUT2D eigenvalue weighted by molar-refractivity contribution is 6.34. The van der Waals surface area contributed by atoms with Crippen LogP contribution in [-0.2, 0) is 0 Å². The van der Waals surface area contributed by atoms with Gasteiger partial charge in [0.1, 0.15) is 17.1 Å². The zero-order chi connectivity index (χ0) is 19.3. The Bertz CT molecular complexity index is 747. The molecule has 0 aliphatic carbocycles. The van der Waals surface area contributed by atoms with E-state index in [0.717, 1.165) is 0 Å². The van der Waals surface area contributed by atoms with Gasteiger partial charge in [-0.15, -0.1) is 0 Å². The van der Waals surface area contributed by atoms with Crippen LogP contribution in [-0.4, -0.2) is 47.7 Å². The summed E-state index contributed by atoms with van der Waals surface area (Å²) in [7, 11) is 1.53. The number of hydrogen-bond acceptors (Lipinski definition) is 4. The van der Waals surface area contributed by atoms with Gasteiger partial charge in [0.15, 0.2) is 5.78 Å². The smallest absolute Gasteiger partial charge is 0.407 e. The molecule has 1 aromatic carbocycles. The van der Waals surface area contributed by atoms with Gasteiger partial charge < -0.3 is 19.5 Å². The highest BCUT2D eigenvalue weighted by atomic mass is 35.5. The first-order valence-electron chi connectivity index (χ1n) is 8.68. The normalized spacial score (nSPS) is 22.0. The van der Waals surface area contributed by atoms with Gasteiger partial charge in [0.2, 0.25) is 0 Å². The van der Waals surface area contributed by atoms with Crippen molar-refractivity contribution in [2.24, 2.45) is 11.3 Å². The maximum absolute atomic E-state index is 13.4. The number of carbonyl (C=O) groups excluding carboxylic acids is 1. The molecule has 0 bridgehead atoms. The number of Topliss-reactive ketones (excluding diaryl/α,β-unsaturated/α-hetero) is 1. The van der Waals surface area contributed by atoms with Crippen molar-refractivity contribution in [2.75, 3.05) is 20.2 Å². The third kappa shape index (κ3) is 3.00. The Morgan fingerprint density at radius 1 is 1.35 bits per heavy atom. The molecule has 2 aliphatic rings. The topological polar surface area (TPSA) is 76.1 Å². The molecule has 7 heteroatoms. The summed E-state index contributed by atoms with van der Waals surface area (Å²) in [6.07, 6.45) is -0.0259. The standard InChI is InChI=1S/C19H24ClNO5/c1-18(2,3)16-15(22)14-12(20)9-11(25-4)10-13(14)26-19(16)5-7-21(8-6-19)17(23)24/h9-10,16H,5-8H2,1-4H3,(H,23,24). The van der Waals surface area contributed by atoms with Crippen LogP contribution in [0.4, 0.5) is 4.79 Å². The number of fused-ring (bicyclic) bond motifs is 1. The minimum absolute atomic E-state index is 0.0461. The molecule has 2 heterocycles. The van der Waals surface area contributed by atoms with Crippen LogP contribution in [0, 0.1) is 11.3 Å². The Kier molecular flexibility index (Phi) is 4.59. The van der Waals surface area contributed by atoms with Crippen LogP contribution >= 0.6 is 11.6 Å². The largest absolute Gasteiger partial charge is 0.497 e. The van der Waals surface area contributed by atoms with Gasteiger partial charge in [-0.3, -0.25) is 4.79 Å². The number of carboxylic acid groups (broad SMARTS) is 1. The molecule has 1 fully saturated rings. The van der Waals surface area contributed by atoms with E-state index < -0.39 is 17.6 Å². The molecule has 0 aromatic heterocycles. The maximum Gasteiger partial charge on any atom is 0.407 e. The lowest BCUT2D eigenvalue weighted by molar-refractivity contribution is -0.0696. The van der Waals surface area contributed by atoms with Crippen molar-refractivity contribution in [3.63, 3.8) is 0 Å². The van der Waals surface area contributed by atoms with Gasteiger partial charge in [-0.2, -0.15) is 0 Å². The second kappa shape index (κ2) is 6.34. The number of ketones is 1. The van der Waals surface area contributed by atoms with E-state index in [-0.39, 0.29) is 11.2 Å². The highest BCUT2D eigenvalue weighted by Crippen LogP contribution is 2.51. The van der Waals surface area contributed by atoms with Crippen molar-refractivity contribution in [3.8, 4) is 11.5 Å². The molecule has 3 rings (SSSR count). The van der Waals surface area contributed by atoms with Crippen molar-refractivity contribution in [1.29, 1.82) is 0 Å². The Labute approximate surface area is 158 Å². The van der Waals surface area contributed by atoms with Crippen LogP contribution in [0.15, 0.2) is 12.1 Å². The summed E-state index contributed by atoms with van der Waals surface area (Å²) in [5.74, 6) is 0.483. The SMILES string of the molecule is COc1cc(Cl)c2c(c1)OC1(CCN(C(=O)O)CC1)C(C(C)(C)C)C2=O. The number of ether oxygens (including phenoxy) is 2. The zero-order valence-corrected chi connectivity index (χ0v) is 16.2. The fourth-order valence-corrected chi connectivity index (χ4v) is 4.60. The summed E-state index contributed by atoms with van der Waals surface area (Å²) in [6.45, 7) is 6.69. The van der Waals surface area contributed by atoms with Crippen molar-refractivity contribution < 1.29 is 24.2 Å². The van der Waals surface area contributed by atoms with Gasteiger partial charge in [-0.1, -0.05) is 32.4 Å². The number of halogens is 1. The van der Waals surface area contributed by atoms with Crippen LogP contribution < -0.4 is 9.47 Å². The van der Waals surface area contributed by atoms with Gasteiger partial charge in [0.05, 0.1) is 23.6 Å². The molecule has 1 N–H and O–H groups in total. The van der Waals surface area contributed by atoms with E-state index in [4.69, 9.17) is 21.1 Å². The number of benzene rings is 1. The third-order valence-electron chi connectivity index (χ3n) is 5.36. The van der Waals surface area contributed by atoms with Crippen molar-refractivity contribution in [1.82, 2.24) is 4.90 Å². The van der Waals surface area contributed by atoms with Crippen molar-refractivity contribution in [3.05, 3.63) is 22.7 Å². The predicted molar refractivity (Wildman–Crippen MR) is 97.5 cm³/mol. The molecule has 0 saturated carbocycles. The van der Waals surface area contributed by atoms with Crippen LogP contribution in [0.3, 0.4) is 0 Å². The zero-order valence-electron chi connectivity index (χ0n) is 15.5. The van der Waals surface area contributed by atoms with Crippen LogP contribution in [0.2, 0.25) is 5.02 Å². The number of piperidine rings is 1. The number of methoxy groups -OCH3 is 1. The van der Waals surface area contributed by atoms with Gasteiger partial charge in [-0.05, 0) is 11.5 Å². The van der Waals surface area contributed by atoms with E-state index in [1.165, 1.54) is 12.0 Å². The molecular weight excluding hydrogens is 358 g/mol. The molecule has 1 aromatic rings. The van der Waals surface area contributed by atoms with Crippen LogP contribution in [0.25, 0.3) is 0 Å². The first-order valence-corrected chi connectivity index (χ1v) is 9.05. The summed E-state index contributed by atoms with van der Waals surface area (Å²) >= 11 is 6.36. The van der Waals surface area contributed by atoms with Gasteiger partial charge in [-0.25, -0.2) is 4.79 Å². The van der Waals surface area contributed by atoms with E-state index in [1.54, 1.807) is 12.1 Å². The second-order valence-corrected chi connectivity index (χ2v) is 8.49. The minimum Gasteiger partial charge on any atom is -0.497 e. The molecule has 142 valence electrons. The van der Waals surface area contributed by atoms with E-state index in [9.17, 15) is 14.7 Å². The minimum atomic E-state index is -0.945. The van der Waals surface area contributed by atoms with Gasteiger partial charge >= 0.3 is 6.09 Å². The number of nitrogens with zero attached hydrogens (tertiary/aromatic N) is 1. The monoisotopic (exact) mass is 381 g/mol. The summed E-state index contributed by atoms with van der Waals surface area (Å²) in [5.41, 5.74) is -0.716. The lowest BCUT2D eigenvalue weighted by atomic mass is 9.62. The number of hydrogen-bond donors (Lipinski definition) is 1. The highest BCUT2D eigenvalue weighted by Gasteiger charge is 2.56. The molecule has 1 atom stereocenters. The Balaban J connectivity index is 2.08. The summed E-state index contributed by atoms with van der Waals surface area (Å²) < 4.78 is 11.7. The average Bonchev–Trinajstić information content (AvgIpc) is 2.52. The van der Waals surface area contributed by atoms with E-state index >= 15 is 0 Å². The quantitative estimate of drug-likeness (QED) is 0.792. The van der Waals surface area contributed by atoms with Crippen LogP contribution in [0.1, 0.15) is 44.0 Å². The van der Waals surface area contributed by atoms with Gasteiger partial charge in [0, 0.05) is 32.0 Å². The maximum atomic E-state index is 13.4. The molecule has 0 radical (unpaired) electrons. The van der Waals surface area contributed by atoms with Gasteiger partial charge in [0.25, 0.3) is 0 Å². The summed E-state index contributed by atoms with van der Waals surface area (Å²) in [6, 6.07) is 3.30. The molecule has 1 unspecified atom stereocenters. The number of likely N-dealkylation sites (tertiary alicyclic amines) is 1. The number of rotatable bonds is 1. The summed E-state index contributed by atoms with van der Waals surface area (Å²) in [4.78, 5) is 26.1. The fraction of sp³-hybridized carbons (Fsp3) is 0.579. The molecule has 2 aliphatic heterocycles.